The van der Waals surface area contributed by atoms with Gasteiger partial charge in [0.05, 0.1) is 19.3 Å². The fraction of sp³-hybridized carbons (Fsp3) is 0.562. The number of aromatic nitrogens is 4. The van der Waals surface area contributed by atoms with Gasteiger partial charge in [0.25, 0.3) is 0 Å². The molecule has 0 aliphatic carbocycles. The first-order valence-corrected chi connectivity index (χ1v) is 8.10. The molecule has 0 bridgehead atoms. The van der Waals surface area contributed by atoms with Gasteiger partial charge in [-0.05, 0) is 19.9 Å². The highest BCUT2D eigenvalue weighted by molar-refractivity contribution is 5.30. The lowest BCUT2D eigenvalue weighted by Crippen LogP contribution is -2.37. The number of anilines is 1. The largest absolute Gasteiger partial charge is 0.378 e. The van der Waals surface area contributed by atoms with E-state index in [-0.39, 0.29) is 0 Å². The van der Waals surface area contributed by atoms with Gasteiger partial charge in [0.15, 0.2) is 0 Å². The highest BCUT2D eigenvalue weighted by Gasteiger charge is 2.15. The molecule has 23 heavy (non-hydrogen) atoms. The summed E-state index contributed by atoms with van der Waals surface area (Å²) in [5.74, 6) is 0.787. The lowest BCUT2D eigenvalue weighted by atomic mass is 10.1. The SMILES string of the molecule is C[C@@H](NCc1cnc(N2CCOCC2)nc1)[C@H](C)n1cccn1. The van der Waals surface area contributed by atoms with Crippen molar-refractivity contribution < 1.29 is 4.74 Å². The van der Waals surface area contributed by atoms with Crippen molar-refractivity contribution in [3.8, 4) is 0 Å². The summed E-state index contributed by atoms with van der Waals surface area (Å²) in [5, 5.41) is 7.80. The second-order valence-electron chi connectivity index (χ2n) is 5.89. The van der Waals surface area contributed by atoms with Gasteiger partial charge >= 0.3 is 0 Å². The van der Waals surface area contributed by atoms with Crippen LogP contribution in [0.1, 0.15) is 25.5 Å². The van der Waals surface area contributed by atoms with Crippen LogP contribution >= 0.6 is 0 Å². The van der Waals surface area contributed by atoms with E-state index in [1.165, 1.54) is 0 Å². The van der Waals surface area contributed by atoms with Crippen molar-refractivity contribution >= 4 is 5.95 Å². The molecule has 1 fully saturated rings. The minimum absolute atomic E-state index is 0.290. The van der Waals surface area contributed by atoms with Gasteiger partial charge in [0.1, 0.15) is 0 Å². The molecule has 2 aromatic rings. The molecule has 3 heterocycles. The van der Waals surface area contributed by atoms with Gasteiger partial charge in [-0.3, -0.25) is 4.68 Å². The Balaban J connectivity index is 1.52. The third-order valence-electron chi connectivity index (χ3n) is 4.28. The van der Waals surface area contributed by atoms with Crippen molar-refractivity contribution in [2.45, 2.75) is 32.5 Å². The van der Waals surface area contributed by atoms with Crippen molar-refractivity contribution in [1.29, 1.82) is 0 Å². The molecule has 7 heteroatoms. The Kier molecular flexibility index (Phi) is 5.19. The zero-order chi connectivity index (χ0) is 16.1. The molecule has 0 spiro atoms. The molecular weight excluding hydrogens is 292 g/mol. The number of rotatable bonds is 6. The Labute approximate surface area is 136 Å². The van der Waals surface area contributed by atoms with E-state index in [1.807, 2.05) is 29.3 Å². The number of nitrogens with zero attached hydrogens (tertiary/aromatic N) is 5. The molecule has 2 atom stereocenters. The molecule has 0 amide bonds. The fourth-order valence-corrected chi connectivity index (χ4v) is 2.57. The first-order valence-electron chi connectivity index (χ1n) is 8.10. The predicted molar refractivity (Wildman–Crippen MR) is 88.3 cm³/mol. The standard InChI is InChI=1S/C16H24N6O/c1-13(14(2)22-5-3-4-20-22)17-10-15-11-18-16(19-12-15)21-6-8-23-9-7-21/h3-5,11-14,17H,6-10H2,1-2H3/t13-,14+/m1/s1. The molecule has 1 aliphatic heterocycles. The van der Waals surface area contributed by atoms with Crippen molar-refractivity contribution in [2.75, 3.05) is 31.2 Å². The molecular formula is C16H24N6O. The monoisotopic (exact) mass is 316 g/mol. The summed E-state index contributed by atoms with van der Waals surface area (Å²) >= 11 is 0. The van der Waals surface area contributed by atoms with Crippen LogP contribution in [0.5, 0.6) is 0 Å². The van der Waals surface area contributed by atoms with Crippen LogP contribution in [0.2, 0.25) is 0 Å². The lowest BCUT2D eigenvalue weighted by molar-refractivity contribution is 0.122. The highest BCUT2D eigenvalue weighted by atomic mass is 16.5. The molecule has 1 saturated heterocycles. The quantitative estimate of drug-likeness (QED) is 0.865. The zero-order valence-corrected chi connectivity index (χ0v) is 13.7. The maximum Gasteiger partial charge on any atom is 0.225 e. The Morgan fingerprint density at radius 2 is 1.96 bits per heavy atom. The number of hydrogen-bond donors (Lipinski definition) is 1. The normalized spacial score (nSPS) is 17.9. The summed E-state index contributed by atoms with van der Waals surface area (Å²) in [7, 11) is 0. The van der Waals surface area contributed by atoms with Gasteiger partial charge in [-0.1, -0.05) is 0 Å². The van der Waals surface area contributed by atoms with E-state index >= 15 is 0 Å². The average molecular weight is 316 g/mol. The molecule has 1 N–H and O–H groups in total. The second kappa shape index (κ2) is 7.52. The van der Waals surface area contributed by atoms with Crippen molar-refractivity contribution in [3.63, 3.8) is 0 Å². The van der Waals surface area contributed by atoms with Crippen LogP contribution in [-0.4, -0.2) is 52.1 Å². The van der Waals surface area contributed by atoms with Crippen LogP contribution in [-0.2, 0) is 11.3 Å². The predicted octanol–water partition coefficient (Wildman–Crippen LogP) is 1.25. The molecule has 2 aromatic heterocycles. The highest BCUT2D eigenvalue weighted by Crippen LogP contribution is 2.11. The van der Waals surface area contributed by atoms with Crippen LogP contribution in [0.25, 0.3) is 0 Å². The second-order valence-corrected chi connectivity index (χ2v) is 5.89. The summed E-state index contributed by atoms with van der Waals surface area (Å²) in [6.45, 7) is 8.27. The van der Waals surface area contributed by atoms with Gasteiger partial charge in [0, 0.05) is 56.0 Å². The van der Waals surface area contributed by atoms with Crippen LogP contribution in [0, 0.1) is 0 Å². The van der Waals surface area contributed by atoms with Crippen molar-refractivity contribution in [2.24, 2.45) is 0 Å². The first kappa shape index (κ1) is 15.9. The summed E-state index contributed by atoms with van der Waals surface area (Å²) in [5.41, 5.74) is 1.08. The molecule has 7 nitrogen and oxygen atoms in total. The lowest BCUT2D eigenvalue weighted by Gasteiger charge is -2.26. The fourth-order valence-electron chi connectivity index (χ4n) is 2.57. The molecule has 1 aliphatic rings. The Morgan fingerprint density at radius 3 is 2.61 bits per heavy atom. The summed E-state index contributed by atoms with van der Waals surface area (Å²) in [6.07, 6.45) is 7.59. The van der Waals surface area contributed by atoms with E-state index in [0.29, 0.717) is 12.1 Å². The van der Waals surface area contributed by atoms with Gasteiger partial charge in [-0.25, -0.2) is 9.97 Å². The third-order valence-corrected chi connectivity index (χ3v) is 4.28. The van der Waals surface area contributed by atoms with Gasteiger partial charge in [-0.15, -0.1) is 0 Å². The van der Waals surface area contributed by atoms with Gasteiger partial charge in [0.2, 0.25) is 5.95 Å². The number of hydrogen-bond acceptors (Lipinski definition) is 6. The van der Waals surface area contributed by atoms with E-state index in [1.54, 1.807) is 6.20 Å². The minimum Gasteiger partial charge on any atom is -0.378 e. The van der Waals surface area contributed by atoms with Crippen LogP contribution in [0.3, 0.4) is 0 Å². The smallest absolute Gasteiger partial charge is 0.225 e. The van der Waals surface area contributed by atoms with Crippen LogP contribution in [0.15, 0.2) is 30.9 Å². The van der Waals surface area contributed by atoms with Gasteiger partial charge < -0.3 is 15.0 Å². The molecule has 0 aromatic carbocycles. The number of nitrogens with one attached hydrogen (secondary N) is 1. The topological polar surface area (TPSA) is 68.1 Å². The Morgan fingerprint density at radius 1 is 1.22 bits per heavy atom. The Hall–Kier alpha value is -1.99. The molecule has 0 unspecified atom stereocenters. The summed E-state index contributed by atoms with van der Waals surface area (Å²) in [4.78, 5) is 11.1. The van der Waals surface area contributed by atoms with E-state index in [9.17, 15) is 0 Å². The van der Waals surface area contributed by atoms with Crippen LogP contribution < -0.4 is 10.2 Å². The zero-order valence-electron chi connectivity index (χ0n) is 13.7. The first-order chi connectivity index (χ1) is 11.2. The van der Waals surface area contributed by atoms with Gasteiger partial charge in [-0.2, -0.15) is 5.10 Å². The van der Waals surface area contributed by atoms with E-state index in [4.69, 9.17) is 4.74 Å². The molecule has 3 rings (SSSR count). The number of morpholine rings is 1. The van der Waals surface area contributed by atoms with Crippen molar-refractivity contribution in [3.05, 3.63) is 36.4 Å². The van der Waals surface area contributed by atoms with E-state index in [2.05, 4.69) is 39.1 Å². The molecule has 124 valence electrons. The molecule has 0 saturated carbocycles. The van der Waals surface area contributed by atoms with Crippen LogP contribution in [0.4, 0.5) is 5.95 Å². The van der Waals surface area contributed by atoms with Crippen molar-refractivity contribution in [1.82, 2.24) is 25.1 Å². The maximum absolute atomic E-state index is 5.35. The Bertz CT molecular complexity index is 579. The third kappa shape index (κ3) is 4.05. The maximum atomic E-state index is 5.35. The minimum atomic E-state index is 0.290. The average Bonchev–Trinajstić information content (AvgIpc) is 3.15. The van der Waals surface area contributed by atoms with E-state index < -0.39 is 0 Å². The van der Waals surface area contributed by atoms with E-state index in [0.717, 1.165) is 44.4 Å². The summed E-state index contributed by atoms with van der Waals surface area (Å²) in [6, 6.07) is 2.54. The summed E-state index contributed by atoms with van der Waals surface area (Å²) < 4.78 is 7.32. The molecule has 0 radical (unpaired) electrons. The number of ether oxygens (including phenoxy) is 1.